The molecule has 0 bridgehead atoms. The van der Waals surface area contributed by atoms with Crippen LogP contribution in [-0.2, 0) is 36.3 Å². The summed E-state index contributed by atoms with van der Waals surface area (Å²) in [6, 6.07) is 14.8. The first-order valence-corrected chi connectivity index (χ1v) is 16.7. The summed E-state index contributed by atoms with van der Waals surface area (Å²) in [5, 5.41) is 2.88. The number of nitrogens with two attached hydrogens (primary N) is 1. The normalized spacial score (nSPS) is 13.1. The molecule has 252 valence electrons. The summed E-state index contributed by atoms with van der Waals surface area (Å²) in [6.45, 7) is 7.35. The molecule has 4 aromatic rings. The van der Waals surface area contributed by atoms with Crippen molar-refractivity contribution < 1.29 is 42.4 Å². The molecule has 15 nitrogen and oxygen atoms in total. The molecule has 2 aromatic heterocycles. The zero-order chi connectivity index (χ0) is 34.0. The standard InChI is InChI=1S/C31H39N6O9P/c1-6-42-31(39)45-30-33-25-26(32)34-29(43-16-15-41-5)35-27(25)37(30)18-22-11-10-12-23(17-22)19-47(40,46-24-13-8-7-9-14-24)36-21(4)28(38)44-20(2)3/h7-14,17,20-21H,6,15-16,18-19H2,1-5H3,(H,36,40)(H2,32,34,35)/t21-,47?/m0/s1. The van der Waals surface area contributed by atoms with Crippen molar-refractivity contribution in [2.24, 2.45) is 0 Å². The number of aromatic nitrogens is 4. The minimum Gasteiger partial charge on any atom is -0.462 e. The number of carbonyl (C=O) groups excluding carboxylic acids is 2. The SMILES string of the molecule is CCOC(=O)Oc1nc2c(N)nc(OCCOC)nc2n1Cc1cccc(CP(=O)(N[C@@H](C)C(=O)OC(C)C)Oc2ccccc2)c1. The van der Waals surface area contributed by atoms with Crippen LogP contribution in [0.25, 0.3) is 11.2 Å². The Balaban J connectivity index is 1.67. The fraction of sp³-hybridized carbons (Fsp3) is 0.387. The quantitative estimate of drug-likeness (QED) is 0.0946. The Morgan fingerprint density at radius 3 is 2.45 bits per heavy atom. The zero-order valence-corrected chi connectivity index (χ0v) is 27.8. The molecule has 0 saturated heterocycles. The van der Waals surface area contributed by atoms with Gasteiger partial charge in [0.25, 0.3) is 0 Å². The fourth-order valence-corrected chi connectivity index (χ4v) is 6.44. The number of esters is 1. The Morgan fingerprint density at radius 1 is 1.00 bits per heavy atom. The number of para-hydroxylation sites is 1. The number of nitrogen functional groups attached to an aromatic ring is 1. The number of benzene rings is 2. The number of carbonyl (C=O) groups is 2. The largest absolute Gasteiger partial charge is 0.516 e. The third kappa shape index (κ3) is 9.88. The van der Waals surface area contributed by atoms with Gasteiger partial charge in [-0.15, -0.1) is 0 Å². The first kappa shape index (κ1) is 35.1. The van der Waals surface area contributed by atoms with Crippen LogP contribution in [0.4, 0.5) is 10.6 Å². The molecule has 2 aromatic carbocycles. The fourth-order valence-electron chi connectivity index (χ4n) is 4.39. The molecule has 16 heteroatoms. The summed E-state index contributed by atoms with van der Waals surface area (Å²) in [6.07, 6.45) is -1.38. The molecule has 3 N–H and O–H groups in total. The lowest BCUT2D eigenvalue weighted by Gasteiger charge is -2.24. The lowest BCUT2D eigenvalue weighted by molar-refractivity contribution is -0.149. The molecule has 2 heterocycles. The second-order valence-corrected chi connectivity index (χ2v) is 12.7. The highest BCUT2D eigenvalue weighted by Gasteiger charge is 2.31. The van der Waals surface area contributed by atoms with Gasteiger partial charge in [0, 0.05) is 7.11 Å². The van der Waals surface area contributed by atoms with Gasteiger partial charge in [0.2, 0.25) is 0 Å². The van der Waals surface area contributed by atoms with Crippen LogP contribution >= 0.6 is 7.52 Å². The summed E-state index contributed by atoms with van der Waals surface area (Å²) in [7, 11) is -2.19. The van der Waals surface area contributed by atoms with E-state index in [9.17, 15) is 14.2 Å². The smallest absolute Gasteiger partial charge is 0.462 e. The minimum atomic E-state index is -3.73. The molecule has 1 unspecified atom stereocenters. The topological polar surface area (TPSA) is 188 Å². The summed E-state index contributed by atoms with van der Waals surface area (Å²) < 4.78 is 48.1. The molecule has 0 radical (unpaired) electrons. The van der Waals surface area contributed by atoms with Crippen LogP contribution in [0.5, 0.6) is 17.8 Å². The monoisotopic (exact) mass is 670 g/mol. The van der Waals surface area contributed by atoms with Gasteiger partial charge in [0.15, 0.2) is 17.0 Å². The van der Waals surface area contributed by atoms with Crippen molar-refractivity contribution in [1.82, 2.24) is 24.6 Å². The van der Waals surface area contributed by atoms with Crippen LogP contribution in [0.2, 0.25) is 0 Å². The van der Waals surface area contributed by atoms with Gasteiger partial charge in [-0.1, -0.05) is 42.5 Å². The number of hydrogen-bond acceptors (Lipinski definition) is 13. The Morgan fingerprint density at radius 2 is 1.74 bits per heavy atom. The third-order valence-electron chi connectivity index (χ3n) is 6.34. The van der Waals surface area contributed by atoms with Gasteiger partial charge in [0.05, 0.1) is 32.0 Å². The van der Waals surface area contributed by atoms with E-state index in [2.05, 4.69) is 20.0 Å². The first-order chi connectivity index (χ1) is 22.5. The Labute approximate surface area is 272 Å². The maximum Gasteiger partial charge on any atom is 0.516 e. The minimum absolute atomic E-state index is 0.0128. The predicted octanol–water partition coefficient (Wildman–Crippen LogP) is 4.72. The van der Waals surface area contributed by atoms with E-state index in [1.807, 2.05) is 12.1 Å². The van der Waals surface area contributed by atoms with Gasteiger partial charge in [-0.05, 0) is 51.0 Å². The molecule has 0 fully saturated rings. The van der Waals surface area contributed by atoms with Crippen molar-refractivity contribution >= 4 is 36.6 Å². The number of methoxy groups -OCH3 is 1. The van der Waals surface area contributed by atoms with E-state index in [4.69, 9.17) is 33.9 Å². The lowest BCUT2D eigenvalue weighted by atomic mass is 10.1. The maximum atomic E-state index is 14.3. The van der Waals surface area contributed by atoms with Crippen LogP contribution in [-0.4, -0.2) is 70.7 Å². The maximum absolute atomic E-state index is 14.3. The van der Waals surface area contributed by atoms with Crippen molar-refractivity contribution in [2.75, 3.05) is 32.7 Å². The van der Waals surface area contributed by atoms with Gasteiger partial charge in [-0.2, -0.15) is 15.0 Å². The molecule has 0 aliphatic carbocycles. The van der Waals surface area contributed by atoms with Crippen LogP contribution in [0.1, 0.15) is 38.8 Å². The highest BCUT2D eigenvalue weighted by molar-refractivity contribution is 7.56. The molecule has 0 aliphatic rings. The van der Waals surface area contributed by atoms with Crippen molar-refractivity contribution in [2.45, 2.75) is 52.5 Å². The second-order valence-electron chi connectivity index (χ2n) is 10.6. The molecule has 0 saturated carbocycles. The van der Waals surface area contributed by atoms with Gasteiger partial charge in [0.1, 0.15) is 18.4 Å². The summed E-state index contributed by atoms with van der Waals surface area (Å²) >= 11 is 0. The van der Waals surface area contributed by atoms with Gasteiger partial charge in [-0.25, -0.2) is 9.88 Å². The third-order valence-corrected chi connectivity index (χ3v) is 8.40. The average Bonchev–Trinajstić information content (AvgIpc) is 3.34. The summed E-state index contributed by atoms with van der Waals surface area (Å²) in [4.78, 5) is 37.8. The summed E-state index contributed by atoms with van der Waals surface area (Å²) in [5.41, 5.74) is 7.94. The van der Waals surface area contributed by atoms with E-state index in [0.717, 1.165) is 0 Å². The van der Waals surface area contributed by atoms with Crippen LogP contribution in [0.3, 0.4) is 0 Å². The predicted molar refractivity (Wildman–Crippen MR) is 173 cm³/mol. The van der Waals surface area contributed by atoms with Gasteiger partial charge < -0.3 is 33.9 Å². The number of imidazole rings is 1. The molecule has 0 amide bonds. The lowest BCUT2D eigenvalue weighted by Crippen LogP contribution is -2.36. The van der Waals surface area contributed by atoms with E-state index in [1.54, 1.807) is 70.2 Å². The van der Waals surface area contributed by atoms with Crippen molar-refractivity contribution in [3.63, 3.8) is 0 Å². The molecule has 0 spiro atoms. The Hall–Kier alpha value is -4.72. The van der Waals surface area contributed by atoms with E-state index in [-0.39, 0.29) is 61.0 Å². The molecule has 4 rings (SSSR count). The Kier molecular flexibility index (Phi) is 12.1. The van der Waals surface area contributed by atoms with E-state index < -0.39 is 25.7 Å². The first-order valence-electron chi connectivity index (χ1n) is 14.9. The molecular weight excluding hydrogens is 631 g/mol. The number of ether oxygens (including phenoxy) is 5. The average molecular weight is 671 g/mol. The van der Waals surface area contributed by atoms with E-state index >= 15 is 0 Å². The number of hydrogen-bond donors (Lipinski definition) is 2. The number of nitrogens with zero attached hydrogens (tertiary/aromatic N) is 4. The van der Waals surface area contributed by atoms with Crippen LogP contribution in [0, 0.1) is 0 Å². The highest BCUT2D eigenvalue weighted by Crippen LogP contribution is 2.47. The van der Waals surface area contributed by atoms with Crippen molar-refractivity contribution in [3.05, 3.63) is 65.7 Å². The molecule has 2 atom stereocenters. The van der Waals surface area contributed by atoms with Crippen molar-refractivity contribution in [3.8, 4) is 17.8 Å². The van der Waals surface area contributed by atoms with Crippen molar-refractivity contribution in [1.29, 1.82) is 0 Å². The number of anilines is 1. The van der Waals surface area contributed by atoms with E-state index in [1.165, 1.54) is 11.7 Å². The number of rotatable bonds is 16. The molecular formula is C31H39N6O9P. The summed E-state index contributed by atoms with van der Waals surface area (Å²) in [5.74, 6) is -0.173. The number of nitrogens with one attached hydrogen (secondary N) is 1. The second kappa shape index (κ2) is 16.2. The highest BCUT2D eigenvalue weighted by atomic mass is 31.2. The zero-order valence-electron chi connectivity index (χ0n) is 26.9. The number of fused-ring (bicyclic) bond motifs is 1. The van der Waals surface area contributed by atoms with Crippen LogP contribution < -0.4 is 24.8 Å². The molecule has 0 aliphatic heterocycles. The Bertz CT molecular complexity index is 1720. The van der Waals surface area contributed by atoms with Crippen LogP contribution in [0.15, 0.2) is 54.6 Å². The molecule has 47 heavy (non-hydrogen) atoms. The van der Waals surface area contributed by atoms with E-state index in [0.29, 0.717) is 23.5 Å². The van der Waals surface area contributed by atoms with Gasteiger partial charge >= 0.3 is 31.7 Å². The van der Waals surface area contributed by atoms with Gasteiger partial charge in [-0.3, -0.25) is 13.9 Å².